The maximum atomic E-state index is 13.7. The molecule has 0 N–H and O–H groups in total. The largest absolute Gasteiger partial charge is 0.496 e. The third-order valence-electron chi connectivity index (χ3n) is 2.62. The van der Waals surface area contributed by atoms with E-state index in [9.17, 15) is 4.39 Å². The summed E-state index contributed by atoms with van der Waals surface area (Å²) in [6, 6.07) is 4.94. The maximum Gasteiger partial charge on any atom is 0.130 e. The van der Waals surface area contributed by atoms with Crippen LogP contribution in [0.2, 0.25) is 0 Å². The van der Waals surface area contributed by atoms with Crippen LogP contribution in [-0.2, 0) is 0 Å². The van der Waals surface area contributed by atoms with E-state index in [0.29, 0.717) is 11.3 Å². The predicted molar refractivity (Wildman–Crippen MR) is 64.4 cm³/mol. The minimum Gasteiger partial charge on any atom is -0.496 e. The molecule has 0 fully saturated rings. The summed E-state index contributed by atoms with van der Waals surface area (Å²) < 4.78 is 18.9. The Morgan fingerprint density at radius 2 is 2.13 bits per heavy atom. The number of hydrogen-bond acceptors (Lipinski definition) is 1. The van der Waals surface area contributed by atoms with Crippen LogP contribution in [0.4, 0.5) is 4.39 Å². The van der Waals surface area contributed by atoms with E-state index in [0.717, 1.165) is 6.42 Å². The third-order valence-corrected chi connectivity index (χ3v) is 4.06. The smallest absolute Gasteiger partial charge is 0.130 e. The van der Waals surface area contributed by atoms with Crippen molar-refractivity contribution in [2.75, 3.05) is 7.11 Å². The van der Waals surface area contributed by atoms with E-state index in [2.05, 4.69) is 22.9 Å². The standard InChI is InChI=1S/C12H16BrFO/c1-4-9(13)8(2)12-10(14)6-5-7-11(12)15-3/h5-9H,4H2,1-3H3. The lowest BCUT2D eigenvalue weighted by Gasteiger charge is -2.20. The molecular formula is C12H16BrFO. The van der Waals surface area contributed by atoms with E-state index in [1.54, 1.807) is 19.2 Å². The van der Waals surface area contributed by atoms with Gasteiger partial charge < -0.3 is 4.74 Å². The van der Waals surface area contributed by atoms with Crippen molar-refractivity contribution in [3.63, 3.8) is 0 Å². The first-order valence-corrected chi connectivity index (χ1v) is 5.99. The quantitative estimate of drug-likeness (QED) is 0.751. The van der Waals surface area contributed by atoms with Gasteiger partial charge in [-0.1, -0.05) is 35.8 Å². The molecule has 2 unspecified atom stereocenters. The predicted octanol–water partition coefficient (Wildman–Crippen LogP) is 4.11. The lowest BCUT2D eigenvalue weighted by atomic mass is 9.95. The number of halogens is 2. The number of alkyl halides is 1. The molecule has 0 heterocycles. The van der Waals surface area contributed by atoms with Crippen molar-refractivity contribution >= 4 is 15.9 Å². The van der Waals surface area contributed by atoms with Crippen molar-refractivity contribution < 1.29 is 9.13 Å². The summed E-state index contributed by atoms with van der Waals surface area (Å²) in [7, 11) is 1.57. The van der Waals surface area contributed by atoms with E-state index >= 15 is 0 Å². The second-order valence-corrected chi connectivity index (χ2v) is 4.74. The minimum atomic E-state index is -0.195. The summed E-state index contributed by atoms with van der Waals surface area (Å²) in [6.45, 7) is 4.08. The highest BCUT2D eigenvalue weighted by Gasteiger charge is 2.21. The van der Waals surface area contributed by atoms with Crippen molar-refractivity contribution in [2.45, 2.75) is 31.0 Å². The summed E-state index contributed by atoms with van der Waals surface area (Å²) in [6.07, 6.45) is 0.957. The van der Waals surface area contributed by atoms with Crippen molar-refractivity contribution in [1.82, 2.24) is 0 Å². The van der Waals surface area contributed by atoms with Crippen molar-refractivity contribution in [1.29, 1.82) is 0 Å². The molecule has 0 saturated carbocycles. The molecule has 1 aromatic carbocycles. The Hall–Kier alpha value is -0.570. The minimum absolute atomic E-state index is 0.103. The number of rotatable bonds is 4. The monoisotopic (exact) mass is 274 g/mol. The molecule has 2 atom stereocenters. The average Bonchev–Trinajstić information content (AvgIpc) is 2.26. The van der Waals surface area contributed by atoms with Gasteiger partial charge in [0.05, 0.1) is 7.11 Å². The van der Waals surface area contributed by atoms with Gasteiger partial charge in [-0.3, -0.25) is 0 Å². The van der Waals surface area contributed by atoms with E-state index in [4.69, 9.17) is 4.74 Å². The molecular weight excluding hydrogens is 259 g/mol. The first-order valence-electron chi connectivity index (χ1n) is 5.08. The highest BCUT2D eigenvalue weighted by atomic mass is 79.9. The summed E-state index contributed by atoms with van der Waals surface area (Å²) in [4.78, 5) is 0.267. The SMILES string of the molecule is CCC(Br)C(C)c1c(F)cccc1OC. The maximum absolute atomic E-state index is 13.7. The molecule has 84 valence electrons. The molecule has 0 saturated heterocycles. The van der Waals surface area contributed by atoms with E-state index < -0.39 is 0 Å². The third kappa shape index (κ3) is 2.71. The van der Waals surface area contributed by atoms with Gasteiger partial charge in [0, 0.05) is 16.3 Å². The Labute approximate surface area is 98.8 Å². The summed E-state index contributed by atoms with van der Waals surface area (Å²) in [5, 5.41) is 0. The fourth-order valence-electron chi connectivity index (χ4n) is 1.67. The summed E-state index contributed by atoms with van der Waals surface area (Å²) in [5.74, 6) is 0.534. The van der Waals surface area contributed by atoms with Crippen LogP contribution in [0.1, 0.15) is 31.7 Å². The van der Waals surface area contributed by atoms with Crippen LogP contribution in [0.3, 0.4) is 0 Å². The van der Waals surface area contributed by atoms with Gasteiger partial charge in [0.15, 0.2) is 0 Å². The number of ether oxygens (including phenoxy) is 1. The molecule has 0 aliphatic rings. The Morgan fingerprint density at radius 3 is 2.67 bits per heavy atom. The van der Waals surface area contributed by atoms with Gasteiger partial charge in [-0.05, 0) is 18.6 Å². The average molecular weight is 275 g/mol. The second-order valence-electron chi connectivity index (χ2n) is 3.57. The summed E-state index contributed by atoms with van der Waals surface area (Å²) >= 11 is 3.55. The number of benzene rings is 1. The van der Waals surface area contributed by atoms with Crippen LogP contribution in [0.15, 0.2) is 18.2 Å². The number of methoxy groups -OCH3 is 1. The Balaban J connectivity index is 3.10. The van der Waals surface area contributed by atoms with Crippen molar-refractivity contribution in [2.24, 2.45) is 0 Å². The zero-order chi connectivity index (χ0) is 11.4. The van der Waals surface area contributed by atoms with Gasteiger partial charge >= 0.3 is 0 Å². The Kier molecular flexibility index (Phi) is 4.58. The Morgan fingerprint density at radius 1 is 1.47 bits per heavy atom. The summed E-state index contributed by atoms with van der Waals surface area (Å²) in [5.41, 5.74) is 0.656. The molecule has 1 aromatic rings. The molecule has 0 radical (unpaired) electrons. The van der Waals surface area contributed by atoms with Crippen molar-refractivity contribution in [3.8, 4) is 5.75 Å². The molecule has 0 aliphatic carbocycles. The topological polar surface area (TPSA) is 9.23 Å². The normalized spacial score (nSPS) is 14.7. The highest BCUT2D eigenvalue weighted by Crippen LogP contribution is 2.34. The van der Waals surface area contributed by atoms with Gasteiger partial charge in [0.1, 0.15) is 11.6 Å². The molecule has 0 aliphatic heterocycles. The molecule has 0 aromatic heterocycles. The molecule has 0 bridgehead atoms. The lowest BCUT2D eigenvalue weighted by molar-refractivity contribution is 0.399. The fraction of sp³-hybridized carbons (Fsp3) is 0.500. The van der Waals surface area contributed by atoms with Crippen LogP contribution in [0, 0.1) is 5.82 Å². The first kappa shape index (κ1) is 12.5. The van der Waals surface area contributed by atoms with Gasteiger partial charge in [0.25, 0.3) is 0 Å². The lowest BCUT2D eigenvalue weighted by Crippen LogP contribution is -2.11. The van der Waals surface area contributed by atoms with E-state index in [1.165, 1.54) is 6.07 Å². The zero-order valence-corrected chi connectivity index (χ0v) is 10.8. The van der Waals surface area contributed by atoms with Crippen molar-refractivity contribution in [3.05, 3.63) is 29.6 Å². The molecule has 0 amide bonds. The van der Waals surface area contributed by atoms with E-state index in [-0.39, 0.29) is 16.6 Å². The zero-order valence-electron chi connectivity index (χ0n) is 9.26. The second kappa shape index (κ2) is 5.50. The number of hydrogen-bond donors (Lipinski definition) is 0. The van der Waals surface area contributed by atoms with Crippen LogP contribution < -0.4 is 4.74 Å². The molecule has 1 nitrogen and oxygen atoms in total. The van der Waals surface area contributed by atoms with Crippen LogP contribution in [0.5, 0.6) is 5.75 Å². The van der Waals surface area contributed by atoms with Gasteiger partial charge in [-0.2, -0.15) is 0 Å². The first-order chi connectivity index (χ1) is 7.11. The van der Waals surface area contributed by atoms with Gasteiger partial charge in [-0.15, -0.1) is 0 Å². The highest BCUT2D eigenvalue weighted by molar-refractivity contribution is 9.09. The van der Waals surface area contributed by atoms with Gasteiger partial charge in [0.2, 0.25) is 0 Å². The molecule has 0 spiro atoms. The Bertz CT molecular complexity index is 327. The van der Waals surface area contributed by atoms with Crippen LogP contribution in [0.25, 0.3) is 0 Å². The molecule has 1 rings (SSSR count). The van der Waals surface area contributed by atoms with E-state index in [1.807, 2.05) is 6.92 Å². The fourth-order valence-corrected chi connectivity index (χ4v) is 1.94. The molecule has 3 heteroatoms. The van der Waals surface area contributed by atoms with Crippen LogP contribution in [-0.4, -0.2) is 11.9 Å². The van der Waals surface area contributed by atoms with Crippen LogP contribution >= 0.6 is 15.9 Å². The van der Waals surface area contributed by atoms with Gasteiger partial charge in [-0.25, -0.2) is 4.39 Å². The molecule has 15 heavy (non-hydrogen) atoms.